The zero-order valence-corrected chi connectivity index (χ0v) is 39.3. The van der Waals surface area contributed by atoms with E-state index in [2.05, 4.69) is 70.8 Å². The van der Waals surface area contributed by atoms with E-state index in [0.717, 1.165) is 38.9 Å². The van der Waals surface area contributed by atoms with Crippen LogP contribution in [0.15, 0.2) is 164 Å². The number of aryl methyl sites for hydroxylation is 2. The van der Waals surface area contributed by atoms with E-state index < -0.39 is 60.7 Å². The van der Waals surface area contributed by atoms with E-state index >= 15 is 0 Å². The molecule has 1 N–H and O–H groups in total. The molecular weight excluding hydrogens is 803 g/mol. The number of para-hydroxylation sites is 1. The van der Waals surface area contributed by atoms with Crippen molar-refractivity contribution >= 4 is 11.0 Å². The van der Waals surface area contributed by atoms with Crippen LogP contribution in [0.1, 0.15) is 105 Å². The molecule has 9 rings (SSSR count). The molecule has 0 aliphatic heterocycles. The van der Waals surface area contributed by atoms with Crippen molar-refractivity contribution in [3.63, 3.8) is 0 Å². The fraction of sp³-hybridized carbons (Fsp3) is 0.226. The van der Waals surface area contributed by atoms with E-state index in [9.17, 15) is 10.6 Å². The zero-order chi connectivity index (χ0) is 56.2. The number of aromatic nitrogens is 3. The lowest BCUT2D eigenvalue weighted by Crippen LogP contribution is -2.13. The van der Waals surface area contributed by atoms with E-state index in [1.165, 1.54) is 0 Å². The highest BCUT2D eigenvalue weighted by Gasteiger charge is 2.27. The van der Waals surface area contributed by atoms with E-state index in [-0.39, 0.29) is 39.0 Å². The zero-order valence-electron chi connectivity index (χ0n) is 50.3. The summed E-state index contributed by atoms with van der Waals surface area (Å²) >= 11 is 0. The Labute approximate surface area is 407 Å². The van der Waals surface area contributed by atoms with Crippen LogP contribution in [0, 0.1) is 13.8 Å². The van der Waals surface area contributed by atoms with Crippen LogP contribution in [0.2, 0.25) is 0 Å². The van der Waals surface area contributed by atoms with Gasteiger partial charge in [-0.25, -0.2) is 4.98 Å². The molecule has 9 aromatic rings. The van der Waals surface area contributed by atoms with Crippen molar-refractivity contribution in [2.24, 2.45) is 0 Å². The Morgan fingerprint density at radius 1 is 0.561 bits per heavy atom. The molecule has 0 radical (unpaired) electrons. The third-order valence-corrected chi connectivity index (χ3v) is 12.3. The van der Waals surface area contributed by atoms with Gasteiger partial charge in [0.2, 0.25) is 0 Å². The van der Waals surface area contributed by atoms with E-state index in [4.69, 9.17) is 14.6 Å². The molecule has 66 heavy (non-hydrogen) atoms. The summed E-state index contributed by atoms with van der Waals surface area (Å²) in [6.07, 6.45) is -0.548. The molecule has 0 unspecified atom stereocenters. The molecule has 0 aliphatic rings. The molecule has 4 heteroatoms. The first kappa shape index (κ1) is 32.6. The predicted octanol–water partition coefficient (Wildman–Crippen LogP) is 16.6. The van der Waals surface area contributed by atoms with Crippen LogP contribution in [0.25, 0.3) is 83.9 Å². The minimum absolute atomic E-state index is 0.0141. The predicted molar refractivity (Wildman–Crippen MR) is 279 cm³/mol. The van der Waals surface area contributed by atoms with Gasteiger partial charge in [0.15, 0.2) is 0 Å². The SMILES string of the molecule is [2H]c1nc(-c2cc(-c3cccc4c3nc(-c3cc(C(C)(C)C)cc(C)c3O)n4-c3ccc(-c4c(-c5ccccc5)cccc4C(C)(C)C)cc3C([2H])([2H])[2H])cc(C(C)(C)C)c2)c([2H])c(-c2c([2H])c([2H])c([2H])c([2H])c2[2H])c1[2H]. The van der Waals surface area contributed by atoms with Gasteiger partial charge in [-0.3, -0.25) is 9.55 Å². The highest BCUT2D eigenvalue weighted by Crippen LogP contribution is 2.45. The van der Waals surface area contributed by atoms with Crippen LogP contribution in [-0.2, 0) is 16.2 Å². The fourth-order valence-corrected chi connectivity index (χ4v) is 8.68. The van der Waals surface area contributed by atoms with Crippen LogP contribution in [0.4, 0.5) is 0 Å². The Bertz CT molecular complexity index is 3830. The monoisotopic (exact) mass is 875 g/mol. The van der Waals surface area contributed by atoms with Gasteiger partial charge in [0.25, 0.3) is 0 Å². The molecule has 0 atom stereocenters. The van der Waals surface area contributed by atoms with E-state index in [1.54, 1.807) is 12.1 Å². The topological polar surface area (TPSA) is 50.9 Å². The third kappa shape index (κ3) is 8.37. The second-order valence-electron chi connectivity index (χ2n) is 20.2. The smallest absolute Gasteiger partial charge is 0.149 e. The lowest BCUT2D eigenvalue weighted by atomic mass is 9.78. The van der Waals surface area contributed by atoms with Gasteiger partial charge in [-0.15, -0.1) is 0 Å². The molecule has 2 aromatic heterocycles. The standard InChI is InChI=1S/C62H61N3O/c1-39-32-44(56-49(42-22-16-13-17-23-42)24-18-26-52(56)62(9,10)11)28-29-54(39)65-55-27-19-25-50(57(55)64-59(65)51-38-47(60(3,4)5)33-40(2)58(51)66)45-34-46(36-48(35-45)61(6,7)8)53-37-43(30-31-63-53)41-20-14-12-15-21-41/h12-38,66H,1-11H3/i1D3,12D,14D,15D,20D,21D,30D,31D,37D. The quantitative estimate of drug-likeness (QED) is 0.174. The largest absolute Gasteiger partial charge is 0.507 e. The van der Waals surface area contributed by atoms with Crippen molar-refractivity contribution in [3.05, 3.63) is 192 Å². The molecule has 0 saturated heterocycles. The van der Waals surface area contributed by atoms with Gasteiger partial charge in [-0.2, -0.15) is 0 Å². The summed E-state index contributed by atoms with van der Waals surface area (Å²) in [4.78, 5) is 9.87. The second kappa shape index (κ2) is 16.7. The molecule has 0 spiro atoms. The van der Waals surface area contributed by atoms with Gasteiger partial charge in [0, 0.05) is 21.4 Å². The maximum Gasteiger partial charge on any atom is 0.149 e. The molecule has 0 saturated carbocycles. The first-order valence-corrected chi connectivity index (χ1v) is 22.3. The summed E-state index contributed by atoms with van der Waals surface area (Å²) in [7, 11) is 0. The van der Waals surface area contributed by atoms with Crippen LogP contribution in [0.5, 0.6) is 5.75 Å². The van der Waals surface area contributed by atoms with Crippen molar-refractivity contribution in [2.45, 2.75) is 92.3 Å². The molecule has 0 bridgehead atoms. The number of fused-ring (bicyclic) bond motifs is 1. The highest BCUT2D eigenvalue weighted by molar-refractivity contribution is 5.97. The summed E-state index contributed by atoms with van der Waals surface area (Å²) in [6.45, 7) is 17.9. The van der Waals surface area contributed by atoms with Crippen molar-refractivity contribution < 1.29 is 20.2 Å². The number of imidazole rings is 1. The molecular formula is C62H61N3O. The van der Waals surface area contributed by atoms with Gasteiger partial charge < -0.3 is 5.11 Å². The van der Waals surface area contributed by atoms with Gasteiger partial charge in [-0.1, -0.05) is 171 Å². The number of hydrogen-bond acceptors (Lipinski definition) is 3. The van der Waals surface area contributed by atoms with Gasteiger partial charge >= 0.3 is 0 Å². The fourth-order valence-electron chi connectivity index (χ4n) is 8.68. The van der Waals surface area contributed by atoms with Crippen molar-refractivity contribution in [2.75, 3.05) is 0 Å². The second-order valence-corrected chi connectivity index (χ2v) is 20.2. The maximum atomic E-state index is 12.2. The molecule has 330 valence electrons. The van der Waals surface area contributed by atoms with E-state index in [0.29, 0.717) is 50.4 Å². The first-order chi connectivity index (χ1) is 35.9. The summed E-state index contributed by atoms with van der Waals surface area (Å²) < 4.78 is 99.3. The lowest BCUT2D eigenvalue weighted by Gasteiger charge is -2.26. The number of rotatable bonds is 7. The Morgan fingerprint density at radius 2 is 1.26 bits per heavy atom. The summed E-state index contributed by atoms with van der Waals surface area (Å²) in [5.41, 5.74) is 8.46. The Morgan fingerprint density at radius 3 is 1.97 bits per heavy atom. The molecule has 0 fully saturated rings. The van der Waals surface area contributed by atoms with Crippen LogP contribution in [0.3, 0.4) is 0 Å². The molecule has 4 nitrogen and oxygen atoms in total. The van der Waals surface area contributed by atoms with Crippen molar-refractivity contribution in [3.8, 4) is 78.6 Å². The molecule has 2 heterocycles. The Kier molecular flexibility index (Phi) is 8.27. The number of phenolic OH excluding ortho intramolecular Hbond substituents is 1. The van der Waals surface area contributed by atoms with Gasteiger partial charge in [0.05, 0.1) is 38.9 Å². The minimum atomic E-state index is -2.65. The molecule has 0 aliphatic carbocycles. The Hall–Kier alpha value is -7.04. The normalized spacial score (nSPS) is 14.8. The molecule has 0 amide bonds. The minimum Gasteiger partial charge on any atom is -0.507 e. The van der Waals surface area contributed by atoms with E-state index in [1.807, 2.05) is 111 Å². The summed E-state index contributed by atoms with van der Waals surface area (Å²) in [5.74, 6) is 0.285. The first-order valence-electron chi connectivity index (χ1n) is 27.8. The number of benzene rings is 7. The van der Waals surface area contributed by atoms with Crippen LogP contribution < -0.4 is 0 Å². The highest BCUT2D eigenvalue weighted by atomic mass is 16.3. The van der Waals surface area contributed by atoms with Crippen molar-refractivity contribution in [1.29, 1.82) is 0 Å². The maximum absolute atomic E-state index is 12.2. The number of pyridine rings is 1. The summed E-state index contributed by atoms with van der Waals surface area (Å²) in [6, 6.07) is 32.9. The Balaban J connectivity index is 1.36. The average Bonchev–Trinajstić information content (AvgIpc) is 3.84. The summed E-state index contributed by atoms with van der Waals surface area (Å²) in [5, 5.41) is 12.2. The van der Waals surface area contributed by atoms with Crippen LogP contribution in [-0.4, -0.2) is 19.6 Å². The third-order valence-electron chi connectivity index (χ3n) is 12.3. The van der Waals surface area contributed by atoms with Gasteiger partial charge in [0.1, 0.15) is 11.6 Å². The van der Waals surface area contributed by atoms with Crippen molar-refractivity contribution in [1.82, 2.24) is 14.5 Å². The van der Waals surface area contributed by atoms with Crippen LogP contribution >= 0.6 is 0 Å². The number of hydrogen-bond donors (Lipinski definition) is 1. The number of phenols is 1. The van der Waals surface area contributed by atoms with Gasteiger partial charge in [-0.05, 0) is 145 Å². The number of aromatic hydroxyl groups is 1. The molecule has 7 aromatic carbocycles. The number of nitrogens with zero attached hydrogens (tertiary/aromatic N) is 3. The average molecular weight is 875 g/mol. The lowest BCUT2D eigenvalue weighted by molar-refractivity contribution is 0.471.